The van der Waals surface area contributed by atoms with Crippen LogP contribution >= 0.6 is 11.6 Å². The highest BCUT2D eigenvalue weighted by Gasteiger charge is 2.13. The van der Waals surface area contributed by atoms with Gasteiger partial charge in [-0.05, 0) is 36.4 Å². The van der Waals surface area contributed by atoms with E-state index in [2.05, 4.69) is 20.7 Å². The van der Waals surface area contributed by atoms with Gasteiger partial charge in [0.15, 0.2) is 11.5 Å². The van der Waals surface area contributed by atoms with Gasteiger partial charge in [0.2, 0.25) is 0 Å². The van der Waals surface area contributed by atoms with Gasteiger partial charge in [-0.25, -0.2) is 5.43 Å². The van der Waals surface area contributed by atoms with Crippen LogP contribution in [-0.2, 0) is 0 Å². The molecule has 0 atom stereocenters. The van der Waals surface area contributed by atoms with Crippen LogP contribution in [0.25, 0.3) is 11.3 Å². The molecule has 0 aliphatic heterocycles. The third kappa shape index (κ3) is 4.49. The molecule has 0 bridgehead atoms. The number of aromatic amines is 1. The topological polar surface area (TPSA) is 97.8 Å². The summed E-state index contributed by atoms with van der Waals surface area (Å²) in [5.41, 5.74) is 4.96. The molecule has 9 heteroatoms. The number of hydrogen-bond donors (Lipinski definition) is 2. The maximum atomic E-state index is 12.4. The average molecular weight is 415 g/mol. The molecule has 0 spiro atoms. The zero-order valence-corrected chi connectivity index (χ0v) is 16.8. The van der Waals surface area contributed by atoms with Gasteiger partial charge in [-0.3, -0.25) is 9.89 Å². The monoisotopic (exact) mass is 414 g/mol. The van der Waals surface area contributed by atoms with E-state index in [4.69, 9.17) is 25.8 Å². The maximum Gasteiger partial charge on any atom is 0.275 e. The number of ether oxygens (including phenoxy) is 3. The first-order chi connectivity index (χ1) is 14.1. The Bertz CT molecular complexity index is 1050. The molecule has 0 aliphatic carbocycles. The van der Waals surface area contributed by atoms with E-state index >= 15 is 0 Å². The number of carbonyl (C=O) groups is 1. The molecule has 2 N–H and O–H groups in total. The van der Waals surface area contributed by atoms with Crippen LogP contribution in [0.2, 0.25) is 5.02 Å². The number of hydrazone groups is 1. The molecule has 0 saturated heterocycles. The summed E-state index contributed by atoms with van der Waals surface area (Å²) in [6.45, 7) is 0. The van der Waals surface area contributed by atoms with Crippen LogP contribution in [-0.4, -0.2) is 43.6 Å². The Labute approximate surface area is 172 Å². The lowest BCUT2D eigenvalue weighted by Gasteiger charge is -2.09. The first-order valence-electron chi connectivity index (χ1n) is 8.50. The van der Waals surface area contributed by atoms with E-state index in [0.717, 1.165) is 5.56 Å². The summed E-state index contributed by atoms with van der Waals surface area (Å²) in [4.78, 5) is 12.4. The minimum absolute atomic E-state index is 0.282. The van der Waals surface area contributed by atoms with Gasteiger partial charge in [0.25, 0.3) is 5.91 Å². The van der Waals surface area contributed by atoms with Crippen molar-refractivity contribution in [1.82, 2.24) is 15.6 Å². The molecular formula is C20H19ClN4O4. The van der Waals surface area contributed by atoms with Gasteiger partial charge in [-0.1, -0.05) is 11.6 Å². The maximum absolute atomic E-state index is 12.4. The van der Waals surface area contributed by atoms with Gasteiger partial charge in [0.1, 0.15) is 5.75 Å². The van der Waals surface area contributed by atoms with Crippen molar-refractivity contribution in [2.75, 3.05) is 21.3 Å². The normalized spacial score (nSPS) is 10.8. The van der Waals surface area contributed by atoms with Gasteiger partial charge in [0, 0.05) is 16.1 Å². The highest BCUT2D eigenvalue weighted by molar-refractivity contribution is 6.31. The number of carbonyl (C=O) groups excluding carboxylic acids is 1. The summed E-state index contributed by atoms with van der Waals surface area (Å²) in [5, 5.41) is 11.4. The highest BCUT2D eigenvalue weighted by Crippen LogP contribution is 2.32. The Balaban J connectivity index is 1.79. The van der Waals surface area contributed by atoms with E-state index in [1.54, 1.807) is 38.6 Å². The number of rotatable bonds is 7. The first kappa shape index (κ1) is 20.2. The lowest BCUT2D eigenvalue weighted by molar-refractivity contribution is 0.0952. The summed E-state index contributed by atoms with van der Waals surface area (Å²) < 4.78 is 15.8. The largest absolute Gasteiger partial charge is 0.496 e. The second kappa shape index (κ2) is 9.11. The van der Waals surface area contributed by atoms with Crippen LogP contribution in [0.3, 0.4) is 0 Å². The third-order valence-corrected chi connectivity index (χ3v) is 4.35. The molecule has 2 aromatic carbocycles. The number of benzene rings is 2. The van der Waals surface area contributed by atoms with Crippen LogP contribution < -0.4 is 19.6 Å². The predicted molar refractivity (Wildman–Crippen MR) is 110 cm³/mol. The Morgan fingerprint density at radius 1 is 1.07 bits per heavy atom. The lowest BCUT2D eigenvalue weighted by Crippen LogP contribution is -2.18. The van der Waals surface area contributed by atoms with Crippen molar-refractivity contribution in [3.63, 3.8) is 0 Å². The van der Waals surface area contributed by atoms with Crippen molar-refractivity contribution >= 4 is 23.7 Å². The smallest absolute Gasteiger partial charge is 0.275 e. The van der Waals surface area contributed by atoms with Gasteiger partial charge < -0.3 is 14.2 Å². The van der Waals surface area contributed by atoms with Crippen molar-refractivity contribution in [3.05, 3.63) is 58.7 Å². The molecule has 0 unspecified atom stereocenters. The number of methoxy groups -OCH3 is 3. The number of hydrogen-bond acceptors (Lipinski definition) is 6. The number of nitrogens with zero attached hydrogens (tertiary/aromatic N) is 2. The molecule has 0 fully saturated rings. The highest BCUT2D eigenvalue weighted by atomic mass is 35.5. The van der Waals surface area contributed by atoms with Crippen LogP contribution in [0.5, 0.6) is 17.2 Å². The zero-order valence-electron chi connectivity index (χ0n) is 16.0. The van der Waals surface area contributed by atoms with Gasteiger partial charge in [-0.15, -0.1) is 0 Å². The van der Waals surface area contributed by atoms with Crippen molar-refractivity contribution in [3.8, 4) is 28.5 Å². The van der Waals surface area contributed by atoms with Crippen LogP contribution in [0.15, 0.2) is 47.7 Å². The molecule has 1 heterocycles. The second-order valence-corrected chi connectivity index (χ2v) is 6.25. The van der Waals surface area contributed by atoms with Crippen molar-refractivity contribution < 1.29 is 19.0 Å². The van der Waals surface area contributed by atoms with Crippen LogP contribution in [0.4, 0.5) is 0 Å². The fourth-order valence-corrected chi connectivity index (χ4v) is 2.87. The van der Waals surface area contributed by atoms with Gasteiger partial charge in [0.05, 0.1) is 45.0 Å². The molecule has 150 valence electrons. The quantitative estimate of drug-likeness (QED) is 0.455. The number of aromatic nitrogens is 2. The summed E-state index contributed by atoms with van der Waals surface area (Å²) in [6, 6.07) is 10.2. The average Bonchev–Trinajstić information content (AvgIpc) is 3.21. The molecule has 29 heavy (non-hydrogen) atoms. The fraction of sp³-hybridized carbons (Fsp3) is 0.150. The summed E-state index contributed by atoms with van der Waals surface area (Å²) in [6.07, 6.45) is 3.09. The van der Waals surface area contributed by atoms with Crippen LogP contribution in [0.1, 0.15) is 15.9 Å². The summed E-state index contributed by atoms with van der Waals surface area (Å²) in [7, 11) is 4.62. The fourth-order valence-electron chi connectivity index (χ4n) is 2.69. The minimum atomic E-state index is -0.447. The van der Waals surface area contributed by atoms with Crippen molar-refractivity contribution in [2.45, 2.75) is 0 Å². The van der Waals surface area contributed by atoms with E-state index in [1.165, 1.54) is 19.4 Å². The summed E-state index contributed by atoms with van der Waals surface area (Å²) in [5.74, 6) is 1.16. The number of nitrogens with one attached hydrogen (secondary N) is 2. The van der Waals surface area contributed by atoms with E-state index < -0.39 is 5.91 Å². The Kier molecular flexibility index (Phi) is 6.36. The molecule has 0 saturated carbocycles. The number of amides is 1. The number of H-pyrrole nitrogens is 1. The predicted octanol–water partition coefficient (Wildman–Crippen LogP) is 3.52. The Hall–Kier alpha value is -3.52. The van der Waals surface area contributed by atoms with E-state index in [0.29, 0.717) is 33.5 Å². The minimum Gasteiger partial charge on any atom is -0.496 e. The molecule has 8 nitrogen and oxygen atoms in total. The lowest BCUT2D eigenvalue weighted by atomic mass is 10.1. The summed E-state index contributed by atoms with van der Waals surface area (Å²) >= 11 is 5.96. The van der Waals surface area contributed by atoms with E-state index in [-0.39, 0.29) is 5.56 Å². The van der Waals surface area contributed by atoms with Crippen molar-refractivity contribution in [2.24, 2.45) is 5.10 Å². The molecule has 1 amide bonds. The van der Waals surface area contributed by atoms with E-state index in [9.17, 15) is 4.79 Å². The second-order valence-electron chi connectivity index (χ2n) is 5.81. The third-order valence-electron chi connectivity index (χ3n) is 4.12. The Morgan fingerprint density at radius 3 is 2.52 bits per heavy atom. The zero-order chi connectivity index (χ0) is 20.8. The number of halogens is 1. The molecular weight excluding hydrogens is 396 g/mol. The van der Waals surface area contributed by atoms with E-state index in [1.807, 2.05) is 12.1 Å². The SMILES string of the molecule is COc1ccc(-c2[nH]ncc2/C=N\NC(=O)c2cc(Cl)ccc2OC)cc1OC. The van der Waals surface area contributed by atoms with Gasteiger partial charge in [-0.2, -0.15) is 10.2 Å². The molecule has 1 aromatic heterocycles. The standard InChI is InChI=1S/C20H19ClN4O4/c1-27-16-7-5-14(21)9-15(16)20(26)25-23-11-13-10-22-24-19(13)12-4-6-17(28-2)18(8-12)29-3/h4-11H,1-3H3,(H,22,24)(H,25,26)/b23-11-. The molecule has 3 aromatic rings. The Morgan fingerprint density at radius 2 is 1.79 bits per heavy atom. The first-order valence-corrected chi connectivity index (χ1v) is 8.88. The van der Waals surface area contributed by atoms with Gasteiger partial charge >= 0.3 is 0 Å². The van der Waals surface area contributed by atoms with Crippen molar-refractivity contribution in [1.29, 1.82) is 0 Å². The molecule has 0 radical (unpaired) electrons. The van der Waals surface area contributed by atoms with Crippen LogP contribution in [0, 0.1) is 0 Å². The molecule has 0 aliphatic rings. The molecule has 3 rings (SSSR count).